The number of benzene rings is 1. The molecule has 6 heteroatoms. The third-order valence-electron chi connectivity index (χ3n) is 2.97. The van der Waals surface area contributed by atoms with Crippen molar-refractivity contribution in [3.63, 3.8) is 0 Å². The first-order valence-electron chi connectivity index (χ1n) is 6.57. The van der Waals surface area contributed by atoms with Gasteiger partial charge < -0.3 is 9.84 Å². The van der Waals surface area contributed by atoms with Crippen LogP contribution in [0.2, 0.25) is 0 Å². The molecule has 0 radical (unpaired) electrons. The molecule has 1 N–H and O–H groups in total. The summed E-state index contributed by atoms with van der Waals surface area (Å²) < 4.78 is 31.5. The van der Waals surface area contributed by atoms with Gasteiger partial charge in [-0.05, 0) is 18.2 Å². The van der Waals surface area contributed by atoms with Crippen LogP contribution in [0.3, 0.4) is 0 Å². The van der Waals surface area contributed by atoms with Crippen molar-refractivity contribution in [2.75, 3.05) is 13.1 Å². The van der Waals surface area contributed by atoms with Crippen molar-refractivity contribution >= 4 is 0 Å². The van der Waals surface area contributed by atoms with Crippen molar-refractivity contribution < 1.29 is 13.3 Å². The Morgan fingerprint density at radius 3 is 2.85 bits per heavy atom. The summed E-state index contributed by atoms with van der Waals surface area (Å²) in [5.74, 6) is -0.192. The summed E-state index contributed by atoms with van der Waals surface area (Å²) in [6, 6.07) is 3.46. The second-order valence-corrected chi connectivity index (χ2v) is 4.67. The fraction of sp³-hybridized carbons (Fsp3) is 0.429. The van der Waals surface area contributed by atoms with E-state index >= 15 is 0 Å². The van der Waals surface area contributed by atoms with Crippen LogP contribution in [0.15, 0.2) is 22.7 Å². The maximum atomic E-state index is 13.5. The van der Waals surface area contributed by atoms with Gasteiger partial charge >= 0.3 is 0 Å². The largest absolute Gasteiger partial charge is 0.339 e. The van der Waals surface area contributed by atoms with Crippen molar-refractivity contribution in [1.29, 1.82) is 0 Å². The van der Waals surface area contributed by atoms with Gasteiger partial charge in [-0.25, -0.2) is 8.78 Å². The minimum absolute atomic E-state index is 0.0919. The predicted molar refractivity (Wildman–Crippen MR) is 70.4 cm³/mol. The molecule has 0 saturated heterocycles. The average Bonchev–Trinajstić information content (AvgIpc) is 2.88. The smallest absolute Gasteiger partial charge is 0.230 e. The summed E-state index contributed by atoms with van der Waals surface area (Å²) in [6.45, 7) is 5.59. The third kappa shape index (κ3) is 3.60. The van der Waals surface area contributed by atoms with Gasteiger partial charge in [0.2, 0.25) is 5.89 Å². The summed E-state index contributed by atoms with van der Waals surface area (Å²) >= 11 is 0. The van der Waals surface area contributed by atoms with E-state index in [4.69, 9.17) is 4.52 Å². The summed E-state index contributed by atoms with van der Waals surface area (Å²) in [7, 11) is 0. The van der Waals surface area contributed by atoms with Gasteiger partial charge in [-0.3, -0.25) is 0 Å². The Morgan fingerprint density at radius 1 is 1.35 bits per heavy atom. The number of likely N-dealkylation sites (N-methyl/N-ethyl adjacent to an activating group) is 1. The number of hydrogen-bond donors (Lipinski definition) is 1. The molecule has 0 bridgehead atoms. The van der Waals surface area contributed by atoms with Gasteiger partial charge in [-0.1, -0.05) is 25.1 Å². The van der Waals surface area contributed by atoms with Crippen molar-refractivity contribution in [1.82, 2.24) is 15.5 Å². The van der Waals surface area contributed by atoms with Crippen molar-refractivity contribution in [3.05, 3.63) is 47.1 Å². The van der Waals surface area contributed by atoms with E-state index < -0.39 is 11.6 Å². The summed E-state index contributed by atoms with van der Waals surface area (Å²) in [4.78, 5) is 4.24. The molecule has 0 aliphatic rings. The van der Waals surface area contributed by atoms with Gasteiger partial charge in [0.15, 0.2) is 5.82 Å². The molecule has 0 amide bonds. The van der Waals surface area contributed by atoms with E-state index in [-0.39, 0.29) is 12.3 Å². The summed E-state index contributed by atoms with van der Waals surface area (Å²) in [5.41, 5.74) is 0.345. The Labute approximate surface area is 116 Å². The molecule has 20 heavy (non-hydrogen) atoms. The average molecular weight is 281 g/mol. The molecule has 0 aliphatic carbocycles. The summed E-state index contributed by atoms with van der Waals surface area (Å²) in [5, 5.41) is 7.02. The molecule has 0 saturated carbocycles. The zero-order chi connectivity index (χ0) is 14.5. The minimum atomic E-state index is -0.600. The van der Waals surface area contributed by atoms with E-state index in [0.717, 1.165) is 19.2 Å². The molecule has 0 fully saturated rings. The molecule has 4 nitrogen and oxygen atoms in total. The molecule has 1 atom stereocenters. The Bertz CT molecular complexity index is 571. The fourth-order valence-corrected chi connectivity index (χ4v) is 1.82. The van der Waals surface area contributed by atoms with Crippen LogP contribution in [-0.4, -0.2) is 23.2 Å². The van der Waals surface area contributed by atoms with Gasteiger partial charge in [-0.2, -0.15) is 4.98 Å². The van der Waals surface area contributed by atoms with Crippen molar-refractivity contribution in [3.8, 4) is 0 Å². The number of nitrogens with one attached hydrogen (secondary N) is 1. The minimum Gasteiger partial charge on any atom is -0.339 e. The van der Waals surface area contributed by atoms with Crippen LogP contribution >= 0.6 is 0 Å². The van der Waals surface area contributed by atoms with Crippen LogP contribution in [-0.2, 0) is 6.42 Å². The molecule has 0 aliphatic heterocycles. The lowest BCUT2D eigenvalue weighted by molar-refractivity contribution is 0.351. The van der Waals surface area contributed by atoms with Gasteiger partial charge in [0, 0.05) is 24.9 Å². The van der Waals surface area contributed by atoms with E-state index in [1.165, 1.54) is 12.1 Å². The third-order valence-corrected chi connectivity index (χ3v) is 2.97. The number of rotatable bonds is 6. The molecule has 1 heterocycles. The molecule has 2 aromatic rings. The normalized spacial score (nSPS) is 12.6. The summed E-state index contributed by atoms with van der Waals surface area (Å²) in [6.07, 6.45) is 0.184. The lowest BCUT2D eigenvalue weighted by Crippen LogP contribution is -2.19. The molecule has 0 spiro atoms. The SMILES string of the molecule is CCNCC(C)c1nc(Cc2ccc(F)cc2F)no1. The molecule has 1 unspecified atom stereocenters. The first-order chi connectivity index (χ1) is 9.60. The fourth-order valence-electron chi connectivity index (χ4n) is 1.82. The lowest BCUT2D eigenvalue weighted by Gasteiger charge is -2.05. The van der Waals surface area contributed by atoms with Gasteiger partial charge in [-0.15, -0.1) is 0 Å². The Morgan fingerprint density at radius 2 is 2.15 bits per heavy atom. The van der Waals surface area contributed by atoms with E-state index in [1.54, 1.807) is 0 Å². The Kier molecular flexibility index (Phi) is 4.79. The molecule has 108 valence electrons. The highest BCUT2D eigenvalue weighted by Gasteiger charge is 2.15. The second kappa shape index (κ2) is 6.56. The number of aromatic nitrogens is 2. The highest BCUT2D eigenvalue weighted by atomic mass is 19.1. The molecular weight excluding hydrogens is 264 g/mol. The van der Waals surface area contributed by atoms with Gasteiger partial charge in [0.25, 0.3) is 0 Å². The Hall–Kier alpha value is -1.82. The van der Waals surface area contributed by atoms with Crippen LogP contribution < -0.4 is 5.32 Å². The zero-order valence-electron chi connectivity index (χ0n) is 11.5. The second-order valence-electron chi connectivity index (χ2n) is 4.67. The van der Waals surface area contributed by atoms with Gasteiger partial charge in [0.1, 0.15) is 11.6 Å². The van der Waals surface area contributed by atoms with Crippen molar-refractivity contribution in [2.24, 2.45) is 0 Å². The van der Waals surface area contributed by atoms with Crippen LogP contribution in [0.25, 0.3) is 0 Å². The van der Waals surface area contributed by atoms with E-state index in [2.05, 4.69) is 15.5 Å². The van der Waals surface area contributed by atoms with Crippen LogP contribution in [0.4, 0.5) is 8.78 Å². The van der Waals surface area contributed by atoms with Crippen molar-refractivity contribution in [2.45, 2.75) is 26.2 Å². The highest BCUT2D eigenvalue weighted by molar-refractivity contribution is 5.21. The molecule has 2 rings (SSSR count). The molecular formula is C14H17F2N3O. The standard InChI is InChI=1S/C14H17F2N3O/c1-3-17-8-9(2)14-18-13(19-20-14)6-10-4-5-11(15)7-12(10)16/h4-5,7,9,17H,3,6,8H2,1-2H3. The zero-order valence-corrected chi connectivity index (χ0v) is 11.5. The highest BCUT2D eigenvalue weighted by Crippen LogP contribution is 2.16. The molecule has 1 aromatic carbocycles. The maximum Gasteiger partial charge on any atom is 0.230 e. The number of hydrogen-bond acceptors (Lipinski definition) is 4. The number of nitrogens with zero attached hydrogens (tertiary/aromatic N) is 2. The topological polar surface area (TPSA) is 51.0 Å². The lowest BCUT2D eigenvalue weighted by atomic mass is 10.1. The quantitative estimate of drug-likeness (QED) is 0.884. The van der Waals surface area contributed by atoms with Crippen LogP contribution in [0.5, 0.6) is 0 Å². The van der Waals surface area contributed by atoms with E-state index in [1.807, 2.05) is 13.8 Å². The first kappa shape index (κ1) is 14.6. The van der Waals surface area contributed by atoms with Crippen LogP contribution in [0.1, 0.15) is 37.0 Å². The Balaban J connectivity index is 2.05. The first-order valence-corrected chi connectivity index (χ1v) is 6.57. The van der Waals surface area contributed by atoms with Crippen LogP contribution in [0, 0.1) is 11.6 Å². The maximum absolute atomic E-state index is 13.5. The van der Waals surface area contributed by atoms with E-state index in [9.17, 15) is 8.78 Å². The van der Waals surface area contributed by atoms with Gasteiger partial charge in [0.05, 0.1) is 0 Å². The predicted octanol–water partition coefficient (Wildman–Crippen LogP) is 2.65. The number of halogens is 2. The monoisotopic (exact) mass is 281 g/mol. The molecule has 1 aromatic heterocycles. The van der Waals surface area contributed by atoms with E-state index in [0.29, 0.717) is 17.3 Å².